The number of aryl methyl sites for hydroxylation is 1. The molecule has 0 saturated heterocycles. The van der Waals surface area contributed by atoms with Gasteiger partial charge in [-0.25, -0.2) is 0 Å². The molecule has 0 spiro atoms. The van der Waals surface area contributed by atoms with E-state index in [9.17, 15) is 4.79 Å². The summed E-state index contributed by atoms with van der Waals surface area (Å²) in [4.78, 5) is 13.0. The van der Waals surface area contributed by atoms with Crippen LogP contribution in [0, 0.1) is 6.92 Å². The maximum Gasteiger partial charge on any atom is 0.307 e. The Labute approximate surface area is 125 Å². The van der Waals surface area contributed by atoms with Gasteiger partial charge in [-0.15, -0.1) is 0 Å². The Kier molecular flexibility index (Phi) is 4.99. The highest BCUT2D eigenvalue weighted by molar-refractivity contribution is 5.70. The fraction of sp³-hybridized carbons (Fsp3) is 0.278. The summed E-state index contributed by atoms with van der Waals surface area (Å²) >= 11 is 0. The first-order chi connectivity index (χ1) is 10.1. The molecule has 0 fully saturated rings. The van der Waals surface area contributed by atoms with Crippen molar-refractivity contribution in [2.75, 3.05) is 11.4 Å². The number of hydrogen-bond donors (Lipinski definition) is 1. The minimum Gasteiger partial charge on any atom is -0.481 e. The van der Waals surface area contributed by atoms with Gasteiger partial charge in [-0.05, 0) is 36.6 Å². The number of carboxylic acids is 1. The average Bonchev–Trinajstić information content (AvgIpc) is 2.47. The lowest BCUT2D eigenvalue weighted by Crippen LogP contribution is -2.22. The van der Waals surface area contributed by atoms with Crippen molar-refractivity contribution in [1.29, 1.82) is 0 Å². The smallest absolute Gasteiger partial charge is 0.307 e. The van der Waals surface area contributed by atoms with Gasteiger partial charge in [0.1, 0.15) is 0 Å². The van der Waals surface area contributed by atoms with Gasteiger partial charge >= 0.3 is 5.97 Å². The molecule has 0 aromatic heterocycles. The van der Waals surface area contributed by atoms with Gasteiger partial charge in [-0.2, -0.15) is 0 Å². The Morgan fingerprint density at radius 1 is 1.05 bits per heavy atom. The van der Waals surface area contributed by atoms with E-state index in [0.29, 0.717) is 0 Å². The van der Waals surface area contributed by atoms with Crippen LogP contribution in [-0.2, 0) is 17.8 Å². The number of para-hydroxylation sites is 1. The Hall–Kier alpha value is -2.29. The van der Waals surface area contributed by atoms with E-state index in [1.54, 1.807) is 0 Å². The molecule has 0 aliphatic rings. The highest BCUT2D eigenvalue weighted by atomic mass is 16.4. The third-order valence-electron chi connectivity index (χ3n) is 3.59. The second-order valence-electron chi connectivity index (χ2n) is 5.19. The Bertz CT molecular complexity index is 605. The predicted octanol–water partition coefficient (Wildman–Crippen LogP) is 3.65. The standard InChI is InChI=1S/C18H21NO2/c1-3-19(17-7-5-4-6-14(17)2)13-16-10-8-15(9-11-16)12-18(20)21/h4-11H,3,12-13H2,1-2H3,(H,20,21). The lowest BCUT2D eigenvalue weighted by Gasteiger charge is -2.25. The van der Waals surface area contributed by atoms with Gasteiger partial charge in [0.25, 0.3) is 0 Å². The fourth-order valence-electron chi connectivity index (χ4n) is 2.44. The molecular weight excluding hydrogens is 262 g/mol. The largest absolute Gasteiger partial charge is 0.481 e. The second-order valence-corrected chi connectivity index (χ2v) is 5.19. The molecule has 0 radical (unpaired) electrons. The SMILES string of the molecule is CCN(Cc1ccc(CC(=O)O)cc1)c1ccccc1C. The number of rotatable bonds is 6. The van der Waals surface area contributed by atoms with Gasteiger partial charge in [0.15, 0.2) is 0 Å². The second kappa shape index (κ2) is 6.93. The van der Waals surface area contributed by atoms with Crippen LogP contribution >= 0.6 is 0 Å². The van der Waals surface area contributed by atoms with E-state index in [2.05, 4.69) is 36.9 Å². The van der Waals surface area contributed by atoms with Crippen LogP contribution in [0.2, 0.25) is 0 Å². The van der Waals surface area contributed by atoms with Crippen LogP contribution in [-0.4, -0.2) is 17.6 Å². The Balaban J connectivity index is 2.12. The van der Waals surface area contributed by atoms with Crippen molar-refractivity contribution in [3.63, 3.8) is 0 Å². The molecule has 0 amide bonds. The number of benzene rings is 2. The lowest BCUT2D eigenvalue weighted by molar-refractivity contribution is -0.136. The van der Waals surface area contributed by atoms with Crippen LogP contribution in [0.3, 0.4) is 0 Å². The summed E-state index contributed by atoms with van der Waals surface area (Å²) in [5.41, 5.74) is 4.54. The van der Waals surface area contributed by atoms with Crippen LogP contribution in [0.25, 0.3) is 0 Å². The first-order valence-corrected chi connectivity index (χ1v) is 7.20. The van der Waals surface area contributed by atoms with E-state index < -0.39 is 5.97 Å². The highest BCUT2D eigenvalue weighted by Crippen LogP contribution is 2.21. The molecule has 21 heavy (non-hydrogen) atoms. The predicted molar refractivity (Wildman–Crippen MR) is 85.7 cm³/mol. The molecule has 0 atom stereocenters. The third kappa shape index (κ3) is 4.09. The van der Waals surface area contributed by atoms with Crippen molar-refractivity contribution < 1.29 is 9.90 Å². The molecule has 0 saturated carbocycles. The summed E-state index contributed by atoms with van der Waals surface area (Å²) in [6.07, 6.45) is 0.0789. The van der Waals surface area contributed by atoms with Crippen molar-refractivity contribution in [2.45, 2.75) is 26.8 Å². The maximum atomic E-state index is 10.7. The van der Waals surface area contributed by atoms with Gasteiger partial charge in [0, 0.05) is 18.8 Å². The molecule has 0 aliphatic carbocycles. The average molecular weight is 283 g/mol. The van der Waals surface area contributed by atoms with Crippen LogP contribution < -0.4 is 4.90 Å². The molecule has 2 aromatic rings. The Morgan fingerprint density at radius 3 is 2.24 bits per heavy atom. The van der Waals surface area contributed by atoms with Gasteiger partial charge in [0.05, 0.1) is 6.42 Å². The molecule has 3 nitrogen and oxygen atoms in total. The van der Waals surface area contributed by atoms with Gasteiger partial charge in [-0.1, -0.05) is 42.5 Å². The summed E-state index contributed by atoms with van der Waals surface area (Å²) < 4.78 is 0. The summed E-state index contributed by atoms with van der Waals surface area (Å²) in [5, 5.41) is 8.79. The van der Waals surface area contributed by atoms with Crippen molar-refractivity contribution in [1.82, 2.24) is 0 Å². The van der Waals surface area contributed by atoms with Crippen molar-refractivity contribution in [3.8, 4) is 0 Å². The summed E-state index contributed by atoms with van der Waals surface area (Å²) in [6, 6.07) is 16.2. The fourth-order valence-corrected chi connectivity index (χ4v) is 2.44. The van der Waals surface area contributed by atoms with Crippen LogP contribution in [0.1, 0.15) is 23.6 Å². The Morgan fingerprint density at radius 2 is 1.67 bits per heavy atom. The molecule has 0 heterocycles. The van der Waals surface area contributed by atoms with Gasteiger partial charge in [0.2, 0.25) is 0 Å². The van der Waals surface area contributed by atoms with Crippen molar-refractivity contribution in [3.05, 3.63) is 65.2 Å². The van der Waals surface area contributed by atoms with E-state index in [-0.39, 0.29) is 6.42 Å². The number of nitrogens with zero attached hydrogens (tertiary/aromatic N) is 1. The molecule has 2 rings (SSSR count). The van der Waals surface area contributed by atoms with Crippen LogP contribution in [0.4, 0.5) is 5.69 Å². The van der Waals surface area contributed by atoms with Crippen LogP contribution in [0.15, 0.2) is 48.5 Å². The quantitative estimate of drug-likeness (QED) is 0.879. The first kappa shape index (κ1) is 15.1. The minimum atomic E-state index is -0.794. The molecular formula is C18H21NO2. The zero-order chi connectivity index (χ0) is 15.2. The number of carboxylic acid groups (broad SMARTS) is 1. The van der Waals surface area contributed by atoms with Crippen molar-refractivity contribution in [2.24, 2.45) is 0 Å². The number of anilines is 1. The molecule has 0 unspecified atom stereocenters. The van der Waals surface area contributed by atoms with Crippen molar-refractivity contribution >= 4 is 11.7 Å². The third-order valence-corrected chi connectivity index (χ3v) is 3.59. The molecule has 110 valence electrons. The maximum absolute atomic E-state index is 10.7. The lowest BCUT2D eigenvalue weighted by atomic mass is 10.1. The molecule has 0 bridgehead atoms. The van der Waals surface area contributed by atoms with E-state index in [1.165, 1.54) is 16.8 Å². The number of aliphatic carboxylic acids is 1. The zero-order valence-corrected chi connectivity index (χ0v) is 12.5. The molecule has 2 aromatic carbocycles. The van der Waals surface area contributed by atoms with E-state index in [0.717, 1.165) is 18.7 Å². The topological polar surface area (TPSA) is 40.5 Å². The van der Waals surface area contributed by atoms with E-state index in [1.807, 2.05) is 30.3 Å². The monoisotopic (exact) mass is 283 g/mol. The molecule has 1 N–H and O–H groups in total. The highest BCUT2D eigenvalue weighted by Gasteiger charge is 2.08. The number of hydrogen-bond acceptors (Lipinski definition) is 2. The summed E-state index contributed by atoms with van der Waals surface area (Å²) in [5.74, 6) is -0.794. The van der Waals surface area contributed by atoms with Gasteiger partial charge < -0.3 is 10.0 Å². The van der Waals surface area contributed by atoms with Crippen LogP contribution in [0.5, 0.6) is 0 Å². The van der Waals surface area contributed by atoms with E-state index >= 15 is 0 Å². The summed E-state index contributed by atoms with van der Waals surface area (Å²) in [7, 11) is 0. The zero-order valence-electron chi connectivity index (χ0n) is 12.5. The minimum absolute atomic E-state index is 0.0789. The summed E-state index contributed by atoms with van der Waals surface area (Å²) in [6.45, 7) is 6.02. The molecule has 0 aliphatic heterocycles. The normalized spacial score (nSPS) is 10.4. The molecule has 3 heteroatoms. The number of carbonyl (C=O) groups is 1. The van der Waals surface area contributed by atoms with Gasteiger partial charge in [-0.3, -0.25) is 4.79 Å². The first-order valence-electron chi connectivity index (χ1n) is 7.20. The van der Waals surface area contributed by atoms with E-state index in [4.69, 9.17) is 5.11 Å².